The molecule has 2 heteroatoms. The van der Waals surface area contributed by atoms with Crippen molar-refractivity contribution in [1.82, 2.24) is 0 Å². The van der Waals surface area contributed by atoms with Crippen molar-refractivity contribution in [3.8, 4) is 6.07 Å². The third kappa shape index (κ3) is 1.75. The number of Topliss-reactive ketones (excluding diaryl/α,β-unsaturated/α-hetero) is 1. The molecule has 0 aromatic carbocycles. The normalized spacial score (nSPS) is 50.4. The summed E-state index contributed by atoms with van der Waals surface area (Å²) in [5.74, 6) is 3.30. The number of rotatable bonds is 0. The fourth-order valence-electron chi connectivity index (χ4n) is 6.72. The van der Waals surface area contributed by atoms with Gasteiger partial charge in [-0.15, -0.1) is 0 Å². The summed E-state index contributed by atoms with van der Waals surface area (Å²) in [5.41, 5.74) is 1.38. The number of fused-ring (bicyclic) bond motifs is 5. The zero-order chi connectivity index (χ0) is 15.5. The van der Waals surface area contributed by atoms with Gasteiger partial charge in [-0.05, 0) is 74.0 Å². The van der Waals surface area contributed by atoms with Crippen LogP contribution in [0.4, 0.5) is 0 Å². The Labute approximate surface area is 134 Å². The van der Waals surface area contributed by atoms with Gasteiger partial charge in [-0.2, -0.15) is 5.26 Å². The van der Waals surface area contributed by atoms with Crippen LogP contribution in [0.15, 0.2) is 11.6 Å². The van der Waals surface area contributed by atoms with Crippen molar-refractivity contribution in [1.29, 1.82) is 5.26 Å². The topological polar surface area (TPSA) is 40.9 Å². The van der Waals surface area contributed by atoms with Crippen LogP contribution >= 0.6 is 0 Å². The highest BCUT2D eigenvalue weighted by Crippen LogP contribution is 2.64. The average molecular weight is 297 g/mol. The molecule has 0 aliphatic heterocycles. The minimum Gasteiger partial charge on any atom is -0.299 e. The lowest BCUT2D eigenvalue weighted by molar-refractivity contribution is -0.135. The van der Waals surface area contributed by atoms with Gasteiger partial charge < -0.3 is 0 Å². The fourth-order valence-corrected chi connectivity index (χ4v) is 6.72. The molecule has 0 N–H and O–H groups in total. The van der Waals surface area contributed by atoms with E-state index in [0.717, 1.165) is 43.1 Å². The molecule has 118 valence electrons. The quantitative estimate of drug-likeness (QED) is 0.652. The van der Waals surface area contributed by atoms with Gasteiger partial charge in [-0.3, -0.25) is 4.79 Å². The van der Waals surface area contributed by atoms with E-state index in [2.05, 4.69) is 26.0 Å². The highest BCUT2D eigenvalue weighted by molar-refractivity contribution is 5.87. The first-order valence-corrected chi connectivity index (χ1v) is 9.13. The van der Waals surface area contributed by atoms with Gasteiger partial charge in [-0.1, -0.05) is 19.9 Å². The SMILES string of the molecule is C[C@]12CCC(C#N)=C[C@@H]1CC[C@H]1[C@H]2CC[C@]2(C)C(=O)CC[C@H]12. The Hall–Kier alpha value is -1.10. The number of allylic oxidation sites excluding steroid dienone is 2. The summed E-state index contributed by atoms with van der Waals surface area (Å²) in [4.78, 5) is 12.4. The lowest BCUT2D eigenvalue weighted by Crippen LogP contribution is -2.52. The van der Waals surface area contributed by atoms with Crippen LogP contribution in [0.1, 0.15) is 65.2 Å². The number of hydrogen-bond acceptors (Lipinski definition) is 2. The minimum atomic E-state index is -0.00726. The molecule has 0 unspecified atom stereocenters. The number of ketones is 1. The van der Waals surface area contributed by atoms with Gasteiger partial charge in [0, 0.05) is 17.4 Å². The van der Waals surface area contributed by atoms with Crippen molar-refractivity contribution in [2.45, 2.75) is 65.2 Å². The predicted molar refractivity (Wildman–Crippen MR) is 85.8 cm³/mol. The molecule has 0 heterocycles. The van der Waals surface area contributed by atoms with Gasteiger partial charge in [0.25, 0.3) is 0 Å². The molecule has 0 aromatic heterocycles. The standard InChI is InChI=1S/C20H27NO/c1-19-9-7-13(12-21)11-14(19)3-4-15-16-5-6-18(22)20(16,2)10-8-17(15)19/h11,14-17H,3-10H2,1-2H3/t14-,15+,16+,17+,19-,20-/m0/s1. The Morgan fingerprint density at radius 3 is 2.68 bits per heavy atom. The lowest BCUT2D eigenvalue weighted by Gasteiger charge is -2.58. The van der Waals surface area contributed by atoms with E-state index in [0.29, 0.717) is 23.0 Å². The maximum absolute atomic E-state index is 12.4. The average Bonchev–Trinajstić information content (AvgIpc) is 2.82. The van der Waals surface area contributed by atoms with Gasteiger partial charge in [0.2, 0.25) is 0 Å². The van der Waals surface area contributed by atoms with Crippen molar-refractivity contribution in [3.05, 3.63) is 11.6 Å². The molecule has 0 radical (unpaired) electrons. The highest BCUT2D eigenvalue weighted by atomic mass is 16.1. The molecule has 4 rings (SSSR count). The van der Waals surface area contributed by atoms with Crippen molar-refractivity contribution < 1.29 is 4.79 Å². The molecule has 0 aromatic rings. The third-order valence-electron chi connectivity index (χ3n) is 8.13. The summed E-state index contributed by atoms with van der Waals surface area (Å²) >= 11 is 0. The molecular formula is C20H27NO. The first-order chi connectivity index (χ1) is 10.5. The zero-order valence-electron chi connectivity index (χ0n) is 13.9. The second-order valence-electron chi connectivity index (χ2n) is 8.79. The van der Waals surface area contributed by atoms with Gasteiger partial charge in [-0.25, -0.2) is 0 Å². The van der Waals surface area contributed by atoms with E-state index in [-0.39, 0.29) is 5.41 Å². The van der Waals surface area contributed by atoms with E-state index in [1.807, 2.05) is 0 Å². The van der Waals surface area contributed by atoms with Crippen LogP contribution in [-0.4, -0.2) is 5.78 Å². The molecule has 2 nitrogen and oxygen atoms in total. The van der Waals surface area contributed by atoms with Crippen molar-refractivity contribution in [3.63, 3.8) is 0 Å². The molecule has 0 saturated heterocycles. The summed E-state index contributed by atoms with van der Waals surface area (Å²) < 4.78 is 0. The Morgan fingerprint density at radius 2 is 1.91 bits per heavy atom. The first-order valence-electron chi connectivity index (χ1n) is 9.13. The fraction of sp³-hybridized carbons (Fsp3) is 0.800. The first kappa shape index (κ1) is 14.5. The molecule has 22 heavy (non-hydrogen) atoms. The molecule has 0 amide bonds. The molecule has 0 bridgehead atoms. The molecule has 4 aliphatic carbocycles. The van der Waals surface area contributed by atoms with Gasteiger partial charge in [0.05, 0.1) is 6.07 Å². The van der Waals surface area contributed by atoms with Crippen LogP contribution in [0.25, 0.3) is 0 Å². The Morgan fingerprint density at radius 1 is 1.09 bits per heavy atom. The monoisotopic (exact) mass is 297 g/mol. The summed E-state index contributed by atoms with van der Waals surface area (Å²) in [5, 5.41) is 9.23. The predicted octanol–water partition coefficient (Wildman–Crippen LogP) is 4.66. The number of carbonyl (C=O) groups excluding carboxylic acids is 1. The van der Waals surface area contributed by atoms with Crippen LogP contribution in [0.2, 0.25) is 0 Å². The Bertz CT molecular complexity index is 585. The van der Waals surface area contributed by atoms with E-state index in [9.17, 15) is 10.1 Å². The van der Waals surface area contributed by atoms with E-state index in [4.69, 9.17) is 0 Å². The second-order valence-corrected chi connectivity index (χ2v) is 8.79. The summed E-state index contributed by atoms with van der Waals surface area (Å²) in [6.45, 7) is 4.74. The molecule has 3 fully saturated rings. The number of nitrogens with zero attached hydrogens (tertiary/aromatic N) is 1. The zero-order valence-corrected chi connectivity index (χ0v) is 13.9. The number of nitriles is 1. The van der Waals surface area contributed by atoms with Crippen LogP contribution < -0.4 is 0 Å². The molecular weight excluding hydrogens is 270 g/mol. The van der Waals surface area contributed by atoms with Crippen molar-refractivity contribution in [2.24, 2.45) is 34.5 Å². The molecule has 0 spiro atoms. The summed E-state index contributed by atoms with van der Waals surface area (Å²) in [6, 6.07) is 2.39. The third-order valence-corrected chi connectivity index (χ3v) is 8.13. The van der Waals surface area contributed by atoms with Gasteiger partial charge >= 0.3 is 0 Å². The van der Waals surface area contributed by atoms with E-state index >= 15 is 0 Å². The van der Waals surface area contributed by atoms with Crippen molar-refractivity contribution >= 4 is 5.78 Å². The molecule has 4 aliphatic rings. The van der Waals surface area contributed by atoms with Crippen molar-refractivity contribution in [2.75, 3.05) is 0 Å². The van der Waals surface area contributed by atoms with Crippen LogP contribution in [0, 0.1) is 45.8 Å². The van der Waals surface area contributed by atoms with Crippen LogP contribution in [0.5, 0.6) is 0 Å². The Kier molecular flexibility index (Phi) is 3.09. The largest absolute Gasteiger partial charge is 0.299 e. The second kappa shape index (κ2) is 4.70. The van der Waals surface area contributed by atoms with Gasteiger partial charge in [0.15, 0.2) is 0 Å². The number of hydrogen-bond donors (Lipinski definition) is 0. The molecule has 3 saturated carbocycles. The minimum absolute atomic E-state index is 0.00726. The highest BCUT2D eigenvalue weighted by Gasteiger charge is 2.59. The maximum Gasteiger partial charge on any atom is 0.139 e. The number of carbonyl (C=O) groups is 1. The Balaban J connectivity index is 1.66. The van der Waals surface area contributed by atoms with Gasteiger partial charge in [0.1, 0.15) is 5.78 Å². The summed E-state index contributed by atoms with van der Waals surface area (Å²) in [6.07, 6.45) is 11.2. The van der Waals surface area contributed by atoms with E-state index < -0.39 is 0 Å². The lowest BCUT2D eigenvalue weighted by atomic mass is 9.46. The summed E-state index contributed by atoms with van der Waals surface area (Å²) in [7, 11) is 0. The molecule has 6 atom stereocenters. The van der Waals surface area contributed by atoms with E-state index in [1.165, 1.54) is 25.7 Å². The smallest absolute Gasteiger partial charge is 0.139 e. The maximum atomic E-state index is 12.4. The van der Waals surface area contributed by atoms with Crippen LogP contribution in [-0.2, 0) is 4.79 Å². The van der Waals surface area contributed by atoms with E-state index in [1.54, 1.807) is 0 Å². The van der Waals surface area contributed by atoms with Crippen LogP contribution in [0.3, 0.4) is 0 Å².